The van der Waals surface area contributed by atoms with E-state index in [0.717, 1.165) is 5.56 Å². The molecule has 0 bridgehead atoms. The van der Waals surface area contributed by atoms with E-state index in [1.54, 1.807) is 26.1 Å². The molecular weight excluding hydrogens is 343 g/mol. The average molecular weight is 377 g/mol. The summed E-state index contributed by atoms with van der Waals surface area (Å²) in [5.74, 6) is -0.657. The van der Waals surface area contributed by atoms with Gasteiger partial charge in [0.15, 0.2) is 0 Å². The number of halogens is 1. The van der Waals surface area contributed by atoms with Gasteiger partial charge in [-0.3, -0.25) is 9.59 Å². The molecule has 0 fully saturated rings. The van der Waals surface area contributed by atoms with Gasteiger partial charge in [0.25, 0.3) is 11.8 Å². The predicted molar refractivity (Wildman–Crippen MR) is 112 cm³/mol. The first-order valence-corrected chi connectivity index (χ1v) is 9.16. The lowest BCUT2D eigenvalue weighted by Crippen LogP contribution is -2.17. The molecule has 0 radical (unpaired) electrons. The Morgan fingerprint density at radius 2 is 1.15 bits per heavy atom. The monoisotopic (exact) mass is 376 g/mol. The Morgan fingerprint density at radius 3 is 1.56 bits per heavy atom. The summed E-state index contributed by atoms with van der Waals surface area (Å²) in [4.78, 5) is 22.0. The van der Waals surface area contributed by atoms with Crippen molar-refractivity contribution in [3.8, 4) is 0 Å². The average Bonchev–Trinajstić information content (AvgIpc) is 2.73. The minimum atomic E-state index is -0.351. The molecule has 0 unspecified atom stereocenters. The lowest BCUT2D eigenvalue weighted by atomic mass is 10.1. The summed E-state index contributed by atoms with van der Waals surface area (Å²) in [6.45, 7) is 11.6. The highest BCUT2D eigenvalue weighted by molar-refractivity contribution is 5.94. The van der Waals surface area contributed by atoms with Gasteiger partial charge in [-0.2, -0.15) is 0 Å². The normalized spacial score (nSPS) is 8.48. The van der Waals surface area contributed by atoms with E-state index in [4.69, 9.17) is 0 Å². The van der Waals surface area contributed by atoms with E-state index >= 15 is 0 Å². The summed E-state index contributed by atoms with van der Waals surface area (Å²) in [5, 5.41) is 4.98. The number of hydrogen-bond acceptors (Lipinski definition) is 2. The molecular formula is C22H33FN2O2. The Morgan fingerprint density at radius 1 is 0.741 bits per heavy atom. The Hall–Kier alpha value is -2.69. The topological polar surface area (TPSA) is 58.2 Å². The van der Waals surface area contributed by atoms with Gasteiger partial charge in [-0.05, 0) is 43.7 Å². The highest BCUT2D eigenvalue weighted by Gasteiger charge is 2.04. The molecule has 0 spiro atoms. The lowest BCUT2D eigenvalue weighted by molar-refractivity contribution is 0.0955. The molecule has 0 aliphatic carbocycles. The van der Waals surface area contributed by atoms with Crippen LogP contribution < -0.4 is 10.6 Å². The number of benzene rings is 2. The summed E-state index contributed by atoms with van der Waals surface area (Å²) in [5.41, 5.74) is 2.76. The van der Waals surface area contributed by atoms with E-state index in [1.165, 1.54) is 13.1 Å². The van der Waals surface area contributed by atoms with Crippen LogP contribution in [0.4, 0.5) is 4.39 Å². The van der Waals surface area contributed by atoms with Gasteiger partial charge >= 0.3 is 0 Å². The number of rotatable bonds is 2. The highest BCUT2D eigenvalue weighted by Crippen LogP contribution is 2.08. The maximum absolute atomic E-state index is 12.9. The molecule has 5 heteroatoms. The Kier molecular flexibility index (Phi) is 15.3. The minimum Gasteiger partial charge on any atom is -0.355 e. The Bertz CT molecular complexity index is 683. The molecule has 2 aromatic carbocycles. The zero-order valence-electron chi connectivity index (χ0n) is 17.7. The van der Waals surface area contributed by atoms with Crippen molar-refractivity contribution in [3.63, 3.8) is 0 Å². The first-order chi connectivity index (χ1) is 12.9. The number of aryl methyl sites for hydroxylation is 2. The predicted octanol–water partition coefficient (Wildman–Crippen LogP) is 4.90. The van der Waals surface area contributed by atoms with Gasteiger partial charge in [0, 0.05) is 25.2 Å². The maximum atomic E-state index is 12.9. The summed E-state index contributed by atoms with van der Waals surface area (Å²) < 4.78 is 12.9. The van der Waals surface area contributed by atoms with Crippen LogP contribution in [0.5, 0.6) is 0 Å². The van der Waals surface area contributed by atoms with E-state index in [9.17, 15) is 14.0 Å². The fraction of sp³-hybridized carbons (Fsp3) is 0.364. The molecule has 0 aromatic heterocycles. The summed E-state index contributed by atoms with van der Waals surface area (Å²) in [7, 11) is 3.14. The molecule has 0 aliphatic heterocycles. The Labute approximate surface area is 163 Å². The number of carbonyl (C=O) groups excluding carboxylic acids is 2. The van der Waals surface area contributed by atoms with Crippen molar-refractivity contribution < 1.29 is 14.0 Å². The van der Waals surface area contributed by atoms with Crippen LogP contribution in [0.2, 0.25) is 0 Å². The van der Waals surface area contributed by atoms with E-state index < -0.39 is 0 Å². The maximum Gasteiger partial charge on any atom is 0.251 e. The molecule has 0 aliphatic rings. The smallest absolute Gasteiger partial charge is 0.251 e. The van der Waals surface area contributed by atoms with E-state index in [2.05, 4.69) is 10.6 Å². The second kappa shape index (κ2) is 15.6. The molecule has 150 valence electrons. The van der Waals surface area contributed by atoms with E-state index in [1.807, 2.05) is 58.9 Å². The lowest BCUT2D eigenvalue weighted by Gasteiger charge is -2.00. The highest BCUT2D eigenvalue weighted by atomic mass is 19.1. The second-order valence-corrected chi connectivity index (χ2v) is 4.99. The third kappa shape index (κ3) is 10.1. The first kappa shape index (κ1) is 26.5. The molecule has 0 atom stereocenters. The first-order valence-electron chi connectivity index (χ1n) is 9.16. The molecule has 2 N–H and O–H groups in total. The third-order valence-corrected chi connectivity index (χ3v) is 3.20. The second-order valence-electron chi connectivity index (χ2n) is 4.99. The van der Waals surface area contributed by atoms with Crippen LogP contribution >= 0.6 is 0 Å². The van der Waals surface area contributed by atoms with Crippen molar-refractivity contribution in [2.75, 3.05) is 14.1 Å². The van der Waals surface area contributed by atoms with Gasteiger partial charge < -0.3 is 10.6 Å². The summed E-state index contributed by atoms with van der Waals surface area (Å²) >= 11 is 0. The Balaban J connectivity index is 0. The SMILES string of the molecule is CC.CC.CNC(=O)c1ccc(C)c(F)c1.CNC(=O)c1ccc(C)cc1. The van der Waals surface area contributed by atoms with Crippen LogP contribution in [-0.4, -0.2) is 25.9 Å². The van der Waals surface area contributed by atoms with Crippen LogP contribution in [0, 0.1) is 19.7 Å². The van der Waals surface area contributed by atoms with Crippen LogP contribution in [0.15, 0.2) is 42.5 Å². The molecule has 27 heavy (non-hydrogen) atoms. The van der Waals surface area contributed by atoms with Gasteiger partial charge in [-0.25, -0.2) is 4.39 Å². The van der Waals surface area contributed by atoms with Gasteiger partial charge in [-0.1, -0.05) is 51.5 Å². The van der Waals surface area contributed by atoms with Gasteiger partial charge in [0.2, 0.25) is 0 Å². The largest absolute Gasteiger partial charge is 0.355 e. The number of nitrogens with one attached hydrogen (secondary N) is 2. The molecule has 2 rings (SSSR count). The summed E-state index contributed by atoms with van der Waals surface area (Å²) in [6.07, 6.45) is 0. The van der Waals surface area contributed by atoms with Crippen LogP contribution in [0.3, 0.4) is 0 Å². The molecule has 2 amide bonds. The molecule has 0 heterocycles. The fourth-order valence-electron chi connectivity index (χ4n) is 1.73. The number of carbonyl (C=O) groups is 2. The van der Waals surface area contributed by atoms with E-state index in [-0.39, 0.29) is 17.6 Å². The van der Waals surface area contributed by atoms with Crippen molar-refractivity contribution in [3.05, 3.63) is 70.5 Å². The zero-order chi connectivity index (χ0) is 21.4. The third-order valence-electron chi connectivity index (χ3n) is 3.20. The van der Waals surface area contributed by atoms with Crippen LogP contribution in [-0.2, 0) is 0 Å². The van der Waals surface area contributed by atoms with Crippen LogP contribution in [0.25, 0.3) is 0 Å². The molecule has 0 saturated heterocycles. The van der Waals surface area contributed by atoms with Gasteiger partial charge in [-0.15, -0.1) is 0 Å². The van der Waals surface area contributed by atoms with Crippen molar-refractivity contribution >= 4 is 11.8 Å². The summed E-state index contributed by atoms with van der Waals surface area (Å²) in [6, 6.07) is 11.9. The number of amides is 2. The standard InChI is InChI=1S/C9H10FNO.C9H11NO.2C2H6/c1-6-3-4-7(5-8(6)10)9(12)11-2;1-7-3-5-8(6-4-7)9(11)10-2;2*1-2/h3-5H,1-2H3,(H,11,12);3-6H,1-2H3,(H,10,11);2*1-2H3. The fourth-order valence-corrected chi connectivity index (χ4v) is 1.73. The van der Waals surface area contributed by atoms with Gasteiger partial charge in [0.1, 0.15) is 5.82 Å². The zero-order valence-corrected chi connectivity index (χ0v) is 17.7. The van der Waals surface area contributed by atoms with Gasteiger partial charge in [0.05, 0.1) is 0 Å². The minimum absolute atomic E-state index is 0.0370. The van der Waals surface area contributed by atoms with Crippen molar-refractivity contribution in [1.82, 2.24) is 10.6 Å². The molecule has 0 saturated carbocycles. The number of hydrogen-bond donors (Lipinski definition) is 2. The van der Waals surface area contributed by atoms with E-state index in [0.29, 0.717) is 16.7 Å². The van der Waals surface area contributed by atoms with Crippen molar-refractivity contribution in [1.29, 1.82) is 0 Å². The van der Waals surface area contributed by atoms with Crippen molar-refractivity contribution in [2.45, 2.75) is 41.5 Å². The molecule has 2 aromatic rings. The van der Waals surface area contributed by atoms with Crippen LogP contribution in [0.1, 0.15) is 59.5 Å². The van der Waals surface area contributed by atoms with Crippen molar-refractivity contribution in [2.24, 2.45) is 0 Å². The quantitative estimate of drug-likeness (QED) is 0.783. The molecule has 4 nitrogen and oxygen atoms in total.